The lowest BCUT2D eigenvalue weighted by atomic mass is 9.71. The molecule has 0 aliphatic heterocycles. The van der Waals surface area contributed by atoms with Crippen LogP contribution in [0.1, 0.15) is 91.5 Å². The van der Waals surface area contributed by atoms with Crippen molar-refractivity contribution in [3.8, 4) is 0 Å². The van der Waals surface area contributed by atoms with Gasteiger partial charge in [0.2, 0.25) is 0 Å². The summed E-state index contributed by atoms with van der Waals surface area (Å²) in [6.45, 7) is 14.4. The minimum absolute atomic E-state index is 0.484. The Hall–Kier alpha value is -0.780. The Balaban J connectivity index is 2.83. The highest BCUT2D eigenvalue weighted by Gasteiger charge is 2.28. The lowest BCUT2D eigenvalue weighted by Gasteiger charge is -2.35. The van der Waals surface area contributed by atoms with E-state index in [9.17, 15) is 0 Å². The van der Waals surface area contributed by atoms with Gasteiger partial charge in [0.25, 0.3) is 0 Å². The summed E-state index contributed by atoms with van der Waals surface area (Å²) in [6.07, 6.45) is 7.93. The summed E-state index contributed by atoms with van der Waals surface area (Å²) in [5.74, 6) is 2.39. The minimum atomic E-state index is 0.484. The molecule has 1 rings (SSSR count). The molecule has 0 nitrogen and oxygen atoms in total. The molecule has 0 radical (unpaired) electrons. The van der Waals surface area contributed by atoms with E-state index in [0.717, 1.165) is 17.8 Å². The van der Waals surface area contributed by atoms with Gasteiger partial charge in [-0.2, -0.15) is 0 Å². The van der Waals surface area contributed by atoms with Crippen LogP contribution in [-0.2, 0) is 0 Å². The Morgan fingerprint density at radius 1 is 0.955 bits per heavy atom. The summed E-state index contributed by atoms with van der Waals surface area (Å²) < 4.78 is 0. The molecule has 0 bridgehead atoms. The topological polar surface area (TPSA) is 0 Å². The Kier molecular flexibility index (Phi) is 8.21. The van der Waals surface area contributed by atoms with Crippen molar-refractivity contribution < 1.29 is 0 Å². The van der Waals surface area contributed by atoms with Crippen LogP contribution >= 0.6 is 0 Å². The average Bonchev–Trinajstić information content (AvgIpc) is 2.51. The first-order valence-electron chi connectivity index (χ1n) is 9.48. The molecule has 0 saturated carbocycles. The Morgan fingerprint density at radius 3 is 2.09 bits per heavy atom. The van der Waals surface area contributed by atoms with Gasteiger partial charge in [0.1, 0.15) is 0 Å². The molecule has 1 aromatic carbocycles. The van der Waals surface area contributed by atoms with Crippen molar-refractivity contribution in [2.24, 2.45) is 17.3 Å². The van der Waals surface area contributed by atoms with E-state index in [-0.39, 0.29) is 0 Å². The van der Waals surface area contributed by atoms with Gasteiger partial charge in [-0.25, -0.2) is 0 Å². The Labute approximate surface area is 139 Å². The monoisotopic (exact) mass is 302 g/mol. The third kappa shape index (κ3) is 6.15. The zero-order valence-corrected chi connectivity index (χ0v) is 15.9. The zero-order chi connectivity index (χ0) is 16.6. The quantitative estimate of drug-likeness (QED) is 0.421. The molecule has 3 atom stereocenters. The highest BCUT2D eigenvalue weighted by molar-refractivity contribution is 5.19. The molecule has 3 unspecified atom stereocenters. The zero-order valence-electron chi connectivity index (χ0n) is 15.9. The second-order valence-corrected chi connectivity index (χ2v) is 8.02. The molecular formula is C22H38. The number of hydrogen-bond donors (Lipinski definition) is 0. The molecule has 0 saturated heterocycles. The summed E-state index contributed by atoms with van der Waals surface area (Å²) in [5.41, 5.74) is 2.02. The van der Waals surface area contributed by atoms with Crippen molar-refractivity contribution in [2.45, 2.75) is 86.0 Å². The van der Waals surface area contributed by atoms with Crippen LogP contribution in [0, 0.1) is 17.3 Å². The highest BCUT2D eigenvalue weighted by atomic mass is 14.3. The smallest absolute Gasteiger partial charge is 0.0162 e. The van der Waals surface area contributed by atoms with Gasteiger partial charge < -0.3 is 0 Å². The van der Waals surface area contributed by atoms with E-state index < -0.39 is 0 Å². The molecule has 1 aromatic rings. The van der Waals surface area contributed by atoms with Gasteiger partial charge in [-0.1, -0.05) is 84.7 Å². The molecule has 0 amide bonds. The fourth-order valence-corrected chi connectivity index (χ4v) is 3.97. The van der Waals surface area contributed by atoms with Crippen molar-refractivity contribution in [1.29, 1.82) is 0 Å². The summed E-state index contributed by atoms with van der Waals surface area (Å²) >= 11 is 0. The van der Waals surface area contributed by atoms with E-state index in [0.29, 0.717) is 5.41 Å². The van der Waals surface area contributed by atoms with E-state index in [2.05, 4.69) is 71.9 Å². The van der Waals surface area contributed by atoms with Crippen LogP contribution in [0.2, 0.25) is 0 Å². The summed E-state index contributed by atoms with van der Waals surface area (Å²) in [5, 5.41) is 0. The first-order valence-corrected chi connectivity index (χ1v) is 9.48. The van der Waals surface area contributed by atoms with Crippen molar-refractivity contribution in [3.63, 3.8) is 0 Å². The molecule has 0 heterocycles. The summed E-state index contributed by atoms with van der Waals surface area (Å²) in [6, 6.07) is 11.2. The fourth-order valence-electron chi connectivity index (χ4n) is 3.97. The molecule has 0 aliphatic rings. The van der Waals surface area contributed by atoms with Gasteiger partial charge in [-0.3, -0.25) is 0 Å². The van der Waals surface area contributed by atoms with E-state index in [1.807, 2.05) is 0 Å². The molecule has 0 aromatic heterocycles. The third-order valence-electron chi connectivity index (χ3n) is 5.54. The van der Waals surface area contributed by atoms with Crippen molar-refractivity contribution in [1.82, 2.24) is 0 Å². The number of hydrogen-bond acceptors (Lipinski definition) is 0. The SMILES string of the molecule is CCCC(C)(C)CC(CC(CC)c1ccccc1)C(C)CC. The lowest BCUT2D eigenvalue weighted by molar-refractivity contribution is 0.180. The molecular weight excluding hydrogens is 264 g/mol. The van der Waals surface area contributed by atoms with Crippen LogP contribution in [0.5, 0.6) is 0 Å². The normalized spacial score (nSPS) is 16.3. The molecule has 0 N–H and O–H groups in total. The predicted octanol–water partition coefficient (Wildman–Crippen LogP) is 7.45. The maximum atomic E-state index is 2.47. The van der Waals surface area contributed by atoms with Gasteiger partial charge >= 0.3 is 0 Å². The van der Waals surface area contributed by atoms with E-state index in [4.69, 9.17) is 0 Å². The van der Waals surface area contributed by atoms with Gasteiger partial charge in [-0.15, -0.1) is 0 Å². The first-order chi connectivity index (χ1) is 10.4. The van der Waals surface area contributed by atoms with Crippen molar-refractivity contribution in [3.05, 3.63) is 35.9 Å². The second kappa shape index (κ2) is 9.38. The summed E-state index contributed by atoms with van der Waals surface area (Å²) in [7, 11) is 0. The van der Waals surface area contributed by atoms with Crippen LogP contribution < -0.4 is 0 Å². The average molecular weight is 303 g/mol. The fraction of sp³-hybridized carbons (Fsp3) is 0.727. The van der Waals surface area contributed by atoms with Crippen LogP contribution in [0.15, 0.2) is 30.3 Å². The number of benzene rings is 1. The third-order valence-corrected chi connectivity index (χ3v) is 5.54. The maximum absolute atomic E-state index is 2.47. The molecule has 0 aliphatic carbocycles. The summed E-state index contributed by atoms with van der Waals surface area (Å²) in [4.78, 5) is 0. The minimum Gasteiger partial charge on any atom is -0.0654 e. The molecule has 0 heteroatoms. The van der Waals surface area contributed by atoms with Crippen LogP contribution in [0.25, 0.3) is 0 Å². The number of rotatable bonds is 10. The Bertz CT molecular complexity index is 390. The van der Waals surface area contributed by atoms with E-state index in [1.54, 1.807) is 0 Å². The molecule has 126 valence electrons. The van der Waals surface area contributed by atoms with Gasteiger partial charge in [0, 0.05) is 0 Å². The van der Waals surface area contributed by atoms with Crippen LogP contribution in [0.3, 0.4) is 0 Å². The standard InChI is InChI=1S/C22H38/c1-7-15-22(5,6)17-21(18(4)8-2)16-19(9-3)20-13-11-10-12-14-20/h10-14,18-19,21H,7-9,15-17H2,1-6H3. The maximum Gasteiger partial charge on any atom is -0.0162 e. The van der Waals surface area contributed by atoms with Gasteiger partial charge in [0.05, 0.1) is 0 Å². The second-order valence-electron chi connectivity index (χ2n) is 8.02. The largest absolute Gasteiger partial charge is 0.0654 e. The molecule has 0 spiro atoms. The van der Waals surface area contributed by atoms with Crippen LogP contribution in [0.4, 0.5) is 0 Å². The molecule has 22 heavy (non-hydrogen) atoms. The molecule has 0 fully saturated rings. The Morgan fingerprint density at radius 2 is 1.59 bits per heavy atom. The van der Waals surface area contributed by atoms with E-state index >= 15 is 0 Å². The predicted molar refractivity (Wildman–Crippen MR) is 100 cm³/mol. The highest BCUT2D eigenvalue weighted by Crippen LogP contribution is 2.40. The van der Waals surface area contributed by atoms with E-state index in [1.165, 1.54) is 44.1 Å². The van der Waals surface area contributed by atoms with Crippen LogP contribution in [-0.4, -0.2) is 0 Å². The lowest BCUT2D eigenvalue weighted by Crippen LogP contribution is -2.23. The first kappa shape index (κ1) is 19.3. The van der Waals surface area contributed by atoms with Gasteiger partial charge in [-0.05, 0) is 54.4 Å². The van der Waals surface area contributed by atoms with Gasteiger partial charge in [0.15, 0.2) is 0 Å². The van der Waals surface area contributed by atoms with Crippen molar-refractivity contribution >= 4 is 0 Å². The van der Waals surface area contributed by atoms with Crippen molar-refractivity contribution in [2.75, 3.05) is 0 Å².